The Kier molecular flexibility index (Phi) is 6.60. The van der Waals surface area contributed by atoms with E-state index in [1.807, 2.05) is 27.8 Å². The lowest BCUT2D eigenvalue weighted by Crippen LogP contribution is -2.40. The van der Waals surface area contributed by atoms with Gasteiger partial charge < -0.3 is 15.7 Å². The normalized spacial score (nSPS) is 15.6. The molecule has 96 valence electrons. The zero-order valence-corrected chi connectivity index (χ0v) is 11.1. The average Bonchev–Trinajstić information content (AvgIpc) is 2.12. The van der Waals surface area contributed by atoms with Gasteiger partial charge >= 0.3 is 0 Å². The van der Waals surface area contributed by atoms with Crippen LogP contribution in [0.15, 0.2) is 0 Å². The lowest BCUT2D eigenvalue weighted by atomic mass is 9.87. The van der Waals surface area contributed by atoms with Gasteiger partial charge in [0, 0.05) is 19.0 Å². The minimum Gasteiger partial charge on any atom is -0.393 e. The van der Waals surface area contributed by atoms with Gasteiger partial charge in [-0.05, 0) is 25.8 Å². The Morgan fingerprint density at radius 3 is 2.38 bits per heavy atom. The second kappa shape index (κ2) is 6.86. The highest BCUT2D eigenvalue weighted by atomic mass is 16.3. The summed E-state index contributed by atoms with van der Waals surface area (Å²) < 4.78 is 0. The van der Waals surface area contributed by atoms with E-state index in [2.05, 4.69) is 10.6 Å². The van der Waals surface area contributed by atoms with Crippen LogP contribution in [-0.2, 0) is 4.79 Å². The van der Waals surface area contributed by atoms with E-state index >= 15 is 0 Å². The number of nitrogens with one attached hydrogen (secondary N) is 2. The fraction of sp³-hybridized carbons (Fsp3) is 0.917. The topological polar surface area (TPSA) is 61.4 Å². The van der Waals surface area contributed by atoms with Gasteiger partial charge in [-0.3, -0.25) is 4.79 Å². The fourth-order valence-corrected chi connectivity index (χ4v) is 1.77. The molecule has 0 saturated carbocycles. The standard InChI is InChI=1S/C12H26N2O2/c1-9(7-13-5)11(16)14-8-12(3,4)6-10(2)15/h9-10,13,15H,6-8H2,1-5H3,(H,14,16). The molecule has 0 saturated heterocycles. The molecule has 1 amide bonds. The first-order valence-electron chi connectivity index (χ1n) is 5.89. The second-order valence-electron chi connectivity index (χ2n) is 5.39. The highest BCUT2D eigenvalue weighted by Crippen LogP contribution is 2.21. The van der Waals surface area contributed by atoms with Gasteiger partial charge in [0.25, 0.3) is 0 Å². The predicted molar refractivity (Wildman–Crippen MR) is 66.2 cm³/mol. The Bertz CT molecular complexity index is 215. The van der Waals surface area contributed by atoms with Gasteiger partial charge in [-0.2, -0.15) is 0 Å². The molecule has 0 rings (SSSR count). The molecule has 2 atom stereocenters. The fourth-order valence-electron chi connectivity index (χ4n) is 1.77. The van der Waals surface area contributed by atoms with Crippen LogP contribution in [0.25, 0.3) is 0 Å². The van der Waals surface area contributed by atoms with Crippen LogP contribution in [0, 0.1) is 11.3 Å². The first kappa shape index (κ1) is 15.4. The number of hydrogen-bond donors (Lipinski definition) is 3. The molecule has 0 heterocycles. The lowest BCUT2D eigenvalue weighted by Gasteiger charge is -2.27. The Labute approximate surface area is 98.8 Å². The van der Waals surface area contributed by atoms with E-state index in [1.54, 1.807) is 6.92 Å². The van der Waals surface area contributed by atoms with Crippen molar-refractivity contribution in [1.82, 2.24) is 10.6 Å². The first-order chi connectivity index (χ1) is 7.28. The Balaban J connectivity index is 3.99. The van der Waals surface area contributed by atoms with Crippen molar-refractivity contribution in [2.24, 2.45) is 11.3 Å². The van der Waals surface area contributed by atoms with E-state index in [4.69, 9.17) is 0 Å². The van der Waals surface area contributed by atoms with Crippen molar-refractivity contribution in [3.63, 3.8) is 0 Å². The van der Waals surface area contributed by atoms with Crippen molar-refractivity contribution in [1.29, 1.82) is 0 Å². The molecular formula is C12H26N2O2. The van der Waals surface area contributed by atoms with Gasteiger partial charge in [0.05, 0.1) is 6.10 Å². The van der Waals surface area contributed by atoms with Crippen molar-refractivity contribution in [2.45, 2.75) is 40.2 Å². The zero-order chi connectivity index (χ0) is 12.8. The van der Waals surface area contributed by atoms with Crippen molar-refractivity contribution >= 4 is 5.91 Å². The molecule has 4 heteroatoms. The van der Waals surface area contributed by atoms with Crippen molar-refractivity contribution in [2.75, 3.05) is 20.1 Å². The lowest BCUT2D eigenvalue weighted by molar-refractivity contribution is -0.124. The number of carbonyl (C=O) groups excluding carboxylic acids is 1. The Morgan fingerprint density at radius 1 is 1.38 bits per heavy atom. The number of carbonyl (C=O) groups is 1. The molecule has 0 aromatic heterocycles. The summed E-state index contributed by atoms with van der Waals surface area (Å²) in [5, 5.41) is 15.2. The summed E-state index contributed by atoms with van der Waals surface area (Å²) in [6.45, 7) is 9.04. The number of aliphatic hydroxyl groups excluding tert-OH is 1. The minimum absolute atomic E-state index is 0.0210. The SMILES string of the molecule is CNCC(C)C(=O)NCC(C)(C)CC(C)O. The van der Waals surface area contributed by atoms with Crippen molar-refractivity contribution < 1.29 is 9.90 Å². The molecule has 4 nitrogen and oxygen atoms in total. The number of rotatable bonds is 7. The van der Waals surface area contributed by atoms with Crippen LogP contribution in [0.1, 0.15) is 34.1 Å². The molecular weight excluding hydrogens is 204 g/mol. The molecule has 0 bridgehead atoms. The largest absolute Gasteiger partial charge is 0.393 e. The van der Waals surface area contributed by atoms with E-state index in [1.165, 1.54) is 0 Å². The maximum absolute atomic E-state index is 11.7. The van der Waals surface area contributed by atoms with Crippen LogP contribution in [0.2, 0.25) is 0 Å². The molecule has 0 aliphatic carbocycles. The van der Waals surface area contributed by atoms with Gasteiger partial charge in [0.15, 0.2) is 0 Å². The second-order valence-corrected chi connectivity index (χ2v) is 5.39. The third-order valence-corrected chi connectivity index (χ3v) is 2.55. The summed E-state index contributed by atoms with van der Waals surface area (Å²) in [6, 6.07) is 0. The van der Waals surface area contributed by atoms with E-state index < -0.39 is 0 Å². The van der Waals surface area contributed by atoms with E-state index in [9.17, 15) is 9.90 Å². The highest BCUT2D eigenvalue weighted by molar-refractivity contribution is 5.78. The Morgan fingerprint density at radius 2 is 1.94 bits per heavy atom. The number of hydrogen-bond acceptors (Lipinski definition) is 3. The van der Waals surface area contributed by atoms with E-state index in [0.717, 1.165) is 0 Å². The highest BCUT2D eigenvalue weighted by Gasteiger charge is 2.22. The molecule has 0 aliphatic rings. The van der Waals surface area contributed by atoms with E-state index in [-0.39, 0.29) is 23.3 Å². The van der Waals surface area contributed by atoms with Crippen molar-refractivity contribution in [3.05, 3.63) is 0 Å². The summed E-state index contributed by atoms with van der Waals surface area (Å²) in [5.74, 6) is 0.0420. The monoisotopic (exact) mass is 230 g/mol. The van der Waals surface area contributed by atoms with Gasteiger partial charge in [0.1, 0.15) is 0 Å². The van der Waals surface area contributed by atoms with Crippen LogP contribution in [0.5, 0.6) is 0 Å². The Hall–Kier alpha value is -0.610. The van der Waals surface area contributed by atoms with E-state index in [0.29, 0.717) is 19.5 Å². The molecule has 3 N–H and O–H groups in total. The first-order valence-corrected chi connectivity index (χ1v) is 5.89. The van der Waals surface area contributed by atoms with Gasteiger partial charge in [-0.15, -0.1) is 0 Å². The third-order valence-electron chi connectivity index (χ3n) is 2.55. The third kappa shape index (κ3) is 6.80. The molecule has 0 aliphatic heterocycles. The molecule has 16 heavy (non-hydrogen) atoms. The molecule has 0 aromatic carbocycles. The van der Waals surface area contributed by atoms with Gasteiger partial charge in [-0.25, -0.2) is 0 Å². The summed E-state index contributed by atoms with van der Waals surface area (Å²) >= 11 is 0. The van der Waals surface area contributed by atoms with Gasteiger partial charge in [0.2, 0.25) is 5.91 Å². The van der Waals surface area contributed by atoms with Crippen LogP contribution in [0.4, 0.5) is 0 Å². The predicted octanol–water partition coefficient (Wildman–Crippen LogP) is 0.755. The minimum atomic E-state index is -0.332. The molecule has 0 spiro atoms. The average molecular weight is 230 g/mol. The summed E-state index contributed by atoms with van der Waals surface area (Å²) in [4.78, 5) is 11.7. The number of aliphatic hydroxyl groups is 1. The summed E-state index contributed by atoms with van der Waals surface area (Å²) in [5.41, 5.74) is -0.0663. The summed E-state index contributed by atoms with van der Waals surface area (Å²) in [7, 11) is 1.83. The van der Waals surface area contributed by atoms with Crippen LogP contribution in [-0.4, -0.2) is 37.3 Å². The smallest absolute Gasteiger partial charge is 0.224 e. The van der Waals surface area contributed by atoms with Crippen LogP contribution >= 0.6 is 0 Å². The van der Waals surface area contributed by atoms with Crippen LogP contribution in [0.3, 0.4) is 0 Å². The van der Waals surface area contributed by atoms with Crippen LogP contribution < -0.4 is 10.6 Å². The summed E-state index contributed by atoms with van der Waals surface area (Å²) in [6.07, 6.45) is 0.356. The number of amides is 1. The quantitative estimate of drug-likeness (QED) is 0.605. The maximum atomic E-state index is 11.7. The van der Waals surface area contributed by atoms with Gasteiger partial charge in [-0.1, -0.05) is 20.8 Å². The molecule has 0 radical (unpaired) electrons. The molecule has 0 aromatic rings. The zero-order valence-electron chi connectivity index (χ0n) is 11.1. The molecule has 0 fully saturated rings. The maximum Gasteiger partial charge on any atom is 0.224 e. The van der Waals surface area contributed by atoms with Crippen molar-refractivity contribution in [3.8, 4) is 0 Å². The molecule has 2 unspecified atom stereocenters.